The van der Waals surface area contributed by atoms with Gasteiger partial charge in [-0.3, -0.25) is 4.57 Å². The van der Waals surface area contributed by atoms with Crippen molar-refractivity contribution in [3.05, 3.63) is 103 Å². The Labute approximate surface area is 245 Å². The van der Waals surface area contributed by atoms with Gasteiger partial charge in [-0.15, -0.1) is 0 Å². The molecule has 0 atom stereocenters. The number of hydrogen-bond donors (Lipinski definition) is 2. The third-order valence-corrected chi connectivity index (χ3v) is 8.03. The van der Waals surface area contributed by atoms with Gasteiger partial charge >= 0.3 is 6.09 Å². The zero-order valence-corrected chi connectivity index (χ0v) is 24.0. The number of carbonyl (C=O) groups is 1. The summed E-state index contributed by atoms with van der Waals surface area (Å²) in [7, 11) is 0. The molecular weight excluding hydrogens is 522 g/mol. The minimum absolute atomic E-state index is 0.381. The number of nitrogens with zero attached hydrogens (tertiary/aromatic N) is 3. The van der Waals surface area contributed by atoms with E-state index in [1.807, 2.05) is 57.2 Å². The molecular formula is C35H33N5O2. The average Bonchev–Trinajstić information content (AvgIpc) is 3.29. The molecule has 3 heterocycles. The first-order chi connectivity index (χ1) is 20.3. The summed E-state index contributed by atoms with van der Waals surface area (Å²) < 4.78 is 7.82. The fourth-order valence-electron chi connectivity index (χ4n) is 5.95. The van der Waals surface area contributed by atoms with Gasteiger partial charge in [0.2, 0.25) is 0 Å². The van der Waals surface area contributed by atoms with Crippen LogP contribution >= 0.6 is 0 Å². The van der Waals surface area contributed by atoms with Crippen LogP contribution in [0.3, 0.4) is 0 Å². The highest BCUT2D eigenvalue weighted by Crippen LogP contribution is 2.46. The largest absolute Gasteiger partial charge is 0.444 e. The second-order valence-electron chi connectivity index (χ2n) is 12.0. The van der Waals surface area contributed by atoms with Gasteiger partial charge in [0.1, 0.15) is 11.4 Å². The summed E-state index contributed by atoms with van der Waals surface area (Å²) in [6.45, 7) is 5.65. The van der Waals surface area contributed by atoms with Crippen molar-refractivity contribution in [1.82, 2.24) is 19.9 Å². The molecule has 210 valence electrons. The highest BCUT2D eigenvalue weighted by molar-refractivity contribution is 5.90. The summed E-state index contributed by atoms with van der Waals surface area (Å²) in [5.41, 5.74) is 6.95. The molecule has 7 rings (SSSR count). The van der Waals surface area contributed by atoms with Gasteiger partial charge in [-0.25, -0.2) is 14.8 Å². The number of para-hydroxylation sites is 1. The number of pyridine rings is 1. The fourth-order valence-corrected chi connectivity index (χ4v) is 5.95. The molecule has 1 fully saturated rings. The van der Waals surface area contributed by atoms with Crippen LogP contribution in [0.2, 0.25) is 0 Å². The van der Waals surface area contributed by atoms with Gasteiger partial charge in [-0.1, -0.05) is 66.7 Å². The van der Waals surface area contributed by atoms with Crippen molar-refractivity contribution in [2.24, 2.45) is 0 Å². The number of hydrogen-bond acceptors (Lipinski definition) is 5. The standard InChI is InChI=1S/C35H33N5O2/c1-34(2,3)42-33(41)39-35(20-10-21-35)25-18-16-24(17-19-25)30-29(23-11-5-4-6-12-23)38-32-26-13-7-8-14-27(26)37-31-28(40(30)32)15-9-22-36-31/h4-9,11-19,22H,10,20-21H2,1-3H3,(H,36,37)(H,39,41). The average molecular weight is 556 g/mol. The van der Waals surface area contributed by atoms with Crippen LogP contribution in [-0.2, 0) is 10.3 Å². The highest BCUT2D eigenvalue weighted by Gasteiger charge is 2.41. The number of alkyl carbamates (subject to hydrolysis) is 1. The van der Waals surface area contributed by atoms with Crippen LogP contribution in [-0.4, -0.2) is 26.2 Å². The normalized spacial score (nSPS) is 14.7. The summed E-state index contributed by atoms with van der Waals surface area (Å²) >= 11 is 0. The van der Waals surface area contributed by atoms with Crippen molar-refractivity contribution in [2.75, 3.05) is 5.32 Å². The van der Waals surface area contributed by atoms with Crippen LogP contribution in [0.5, 0.6) is 0 Å². The molecule has 1 amide bonds. The Hall–Kier alpha value is -4.91. The molecule has 2 N–H and O–H groups in total. The molecule has 5 aromatic rings. The van der Waals surface area contributed by atoms with Crippen molar-refractivity contribution in [3.8, 4) is 39.6 Å². The first-order valence-corrected chi connectivity index (χ1v) is 14.4. The third kappa shape index (κ3) is 4.51. The number of anilines is 2. The van der Waals surface area contributed by atoms with Crippen LogP contribution in [0.4, 0.5) is 16.3 Å². The minimum Gasteiger partial charge on any atom is -0.444 e. The molecule has 1 aliphatic carbocycles. The number of ether oxygens (including phenoxy) is 1. The van der Waals surface area contributed by atoms with Crippen LogP contribution in [0, 0.1) is 0 Å². The molecule has 0 saturated heterocycles. The van der Waals surface area contributed by atoms with Gasteiger partial charge in [-0.2, -0.15) is 0 Å². The number of carbonyl (C=O) groups excluding carboxylic acids is 1. The van der Waals surface area contributed by atoms with Crippen LogP contribution in [0.1, 0.15) is 45.6 Å². The van der Waals surface area contributed by atoms with Gasteiger partial charge in [0.15, 0.2) is 5.82 Å². The Morgan fingerprint density at radius 2 is 1.64 bits per heavy atom. The maximum absolute atomic E-state index is 12.7. The quantitative estimate of drug-likeness (QED) is 0.229. The van der Waals surface area contributed by atoms with Crippen LogP contribution < -0.4 is 10.6 Å². The molecule has 2 aliphatic rings. The number of amides is 1. The van der Waals surface area contributed by atoms with Crippen LogP contribution in [0.15, 0.2) is 97.2 Å². The van der Waals surface area contributed by atoms with E-state index < -0.39 is 11.1 Å². The Morgan fingerprint density at radius 3 is 2.36 bits per heavy atom. The molecule has 3 aromatic carbocycles. The van der Waals surface area contributed by atoms with E-state index in [0.717, 1.165) is 75.9 Å². The number of fused-ring (bicyclic) bond motifs is 5. The predicted molar refractivity (Wildman–Crippen MR) is 166 cm³/mol. The van der Waals surface area contributed by atoms with Crippen molar-refractivity contribution in [2.45, 2.75) is 51.2 Å². The topological polar surface area (TPSA) is 81.1 Å². The van der Waals surface area contributed by atoms with Crippen molar-refractivity contribution in [1.29, 1.82) is 0 Å². The highest BCUT2D eigenvalue weighted by atomic mass is 16.6. The number of benzene rings is 3. The molecule has 0 unspecified atom stereocenters. The third-order valence-electron chi connectivity index (χ3n) is 8.03. The van der Waals surface area contributed by atoms with Crippen LogP contribution in [0.25, 0.3) is 39.6 Å². The maximum Gasteiger partial charge on any atom is 0.408 e. The SMILES string of the molecule is CC(C)(C)OC(=O)NC1(c2ccc(-c3c(-c4ccccc4)nc4n3-c3cccnc3Nc3ccccc3-4)cc2)CCC1. The lowest BCUT2D eigenvalue weighted by atomic mass is 9.71. The number of nitrogens with one attached hydrogen (secondary N) is 2. The van der Waals surface area contributed by atoms with Gasteiger partial charge < -0.3 is 15.4 Å². The Bertz CT molecular complexity index is 1780. The summed E-state index contributed by atoms with van der Waals surface area (Å²) in [5, 5.41) is 6.71. The number of imidazole rings is 1. The second-order valence-corrected chi connectivity index (χ2v) is 12.0. The smallest absolute Gasteiger partial charge is 0.408 e. The molecule has 7 nitrogen and oxygen atoms in total. The second kappa shape index (κ2) is 9.87. The fraction of sp³-hybridized carbons (Fsp3) is 0.229. The lowest BCUT2D eigenvalue weighted by Gasteiger charge is -2.43. The van der Waals surface area contributed by atoms with Gasteiger partial charge in [0.05, 0.1) is 28.3 Å². The van der Waals surface area contributed by atoms with E-state index in [0.29, 0.717) is 0 Å². The Morgan fingerprint density at radius 1 is 0.905 bits per heavy atom. The lowest BCUT2D eigenvalue weighted by Crippen LogP contribution is -2.52. The van der Waals surface area contributed by atoms with E-state index in [1.165, 1.54) is 0 Å². The summed E-state index contributed by atoms with van der Waals surface area (Å²) in [4.78, 5) is 22.7. The van der Waals surface area contributed by atoms with Gasteiger partial charge in [0, 0.05) is 22.9 Å². The zero-order valence-electron chi connectivity index (χ0n) is 24.0. The first-order valence-electron chi connectivity index (χ1n) is 14.4. The minimum atomic E-state index is -0.550. The lowest BCUT2D eigenvalue weighted by molar-refractivity contribution is 0.0377. The maximum atomic E-state index is 12.7. The number of rotatable bonds is 4. The van der Waals surface area contributed by atoms with E-state index in [9.17, 15) is 4.79 Å². The molecule has 0 bridgehead atoms. The van der Waals surface area contributed by atoms with Crippen molar-refractivity contribution < 1.29 is 9.53 Å². The summed E-state index contributed by atoms with van der Waals surface area (Å²) in [6.07, 6.45) is 4.24. The van der Waals surface area contributed by atoms with E-state index >= 15 is 0 Å². The van der Waals surface area contributed by atoms with Crippen molar-refractivity contribution in [3.63, 3.8) is 0 Å². The predicted octanol–water partition coefficient (Wildman–Crippen LogP) is 8.23. The van der Waals surface area contributed by atoms with E-state index in [-0.39, 0.29) is 6.09 Å². The summed E-state index contributed by atoms with van der Waals surface area (Å²) in [5.74, 6) is 1.62. The molecule has 0 spiro atoms. The number of aromatic nitrogens is 3. The van der Waals surface area contributed by atoms with E-state index in [2.05, 4.69) is 69.8 Å². The van der Waals surface area contributed by atoms with Gasteiger partial charge in [0.25, 0.3) is 0 Å². The van der Waals surface area contributed by atoms with Crippen molar-refractivity contribution >= 4 is 17.6 Å². The molecule has 1 aliphatic heterocycles. The van der Waals surface area contributed by atoms with Gasteiger partial charge in [-0.05, 0) is 69.9 Å². The Balaban J connectivity index is 1.38. The molecule has 0 radical (unpaired) electrons. The van der Waals surface area contributed by atoms with E-state index in [1.54, 1.807) is 6.20 Å². The Kier molecular flexibility index (Phi) is 6.12. The monoisotopic (exact) mass is 555 g/mol. The molecule has 42 heavy (non-hydrogen) atoms. The first kappa shape index (κ1) is 26.0. The molecule has 2 aromatic heterocycles. The zero-order chi connectivity index (χ0) is 28.9. The summed E-state index contributed by atoms with van der Waals surface area (Å²) in [6, 6.07) is 31.1. The molecule has 1 saturated carbocycles. The molecule has 7 heteroatoms. The van der Waals surface area contributed by atoms with E-state index in [4.69, 9.17) is 14.7 Å².